The van der Waals surface area contributed by atoms with E-state index in [4.69, 9.17) is 0 Å². The van der Waals surface area contributed by atoms with Gasteiger partial charge in [0.15, 0.2) is 0 Å². The van der Waals surface area contributed by atoms with Gasteiger partial charge in [0.05, 0.1) is 0 Å². The van der Waals surface area contributed by atoms with Crippen molar-refractivity contribution in [1.82, 2.24) is 10.2 Å². The summed E-state index contributed by atoms with van der Waals surface area (Å²) in [5, 5.41) is 3.26. The highest BCUT2D eigenvalue weighted by Gasteiger charge is 2.37. The van der Waals surface area contributed by atoms with Crippen molar-refractivity contribution >= 4 is 0 Å². The van der Waals surface area contributed by atoms with Crippen LogP contribution >= 0.6 is 0 Å². The Balaban J connectivity index is 2.55. The molecule has 1 heterocycles. The molecule has 0 aromatic rings. The van der Waals surface area contributed by atoms with Gasteiger partial charge in [-0.15, -0.1) is 0 Å². The lowest BCUT2D eigenvalue weighted by Gasteiger charge is -2.33. The first-order valence-electron chi connectivity index (χ1n) is 4.45. The lowest BCUT2D eigenvalue weighted by atomic mass is 9.89. The fraction of sp³-hybridized carbons (Fsp3) is 1.00. The van der Waals surface area contributed by atoms with E-state index in [2.05, 4.69) is 31.1 Å². The number of rotatable bonds is 2. The minimum Gasteiger partial charge on any atom is -0.319 e. The van der Waals surface area contributed by atoms with E-state index in [9.17, 15) is 0 Å². The predicted molar refractivity (Wildman–Crippen MR) is 48.7 cm³/mol. The summed E-state index contributed by atoms with van der Waals surface area (Å²) in [6.07, 6.45) is 1.34. The molecule has 11 heavy (non-hydrogen) atoms. The van der Waals surface area contributed by atoms with Crippen LogP contribution in [0.2, 0.25) is 0 Å². The second-order valence-electron chi connectivity index (χ2n) is 4.12. The summed E-state index contributed by atoms with van der Waals surface area (Å²) in [7, 11) is 4.25. The molecule has 0 spiro atoms. The van der Waals surface area contributed by atoms with Crippen LogP contribution in [0.1, 0.15) is 20.3 Å². The van der Waals surface area contributed by atoms with Gasteiger partial charge in [0.1, 0.15) is 0 Å². The van der Waals surface area contributed by atoms with Crippen LogP contribution in [-0.2, 0) is 0 Å². The molecule has 0 radical (unpaired) electrons. The van der Waals surface area contributed by atoms with Gasteiger partial charge in [-0.1, -0.05) is 0 Å². The smallest absolute Gasteiger partial charge is 0.0190 e. The van der Waals surface area contributed by atoms with Gasteiger partial charge in [-0.25, -0.2) is 0 Å². The Morgan fingerprint density at radius 1 is 1.55 bits per heavy atom. The molecule has 1 saturated heterocycles. The first-order chi connectivity index (χ1) is 5.09. The third kappa shape index (κ3) is 1.57. The molecule has 1 N–H and O–H groups in total. The first-order valence-corrected chi connectivity index (χ1v) is 4.45. The number of hydrogen-bond acceptors (Lipinski definition) is 2. The standard InChI is InChI=1S/C9H20N2/c1-9(2)8(7-10-3)5-6-11(9)4/h8,10H,5-7H2,1-4H3/t8-/m0/s1. The molecule has 1 atom stereocenters. The second kappa shape index (κ2) is 3.11. The van der Waals surface area contributed by atoms with Crippen LogP contribution in [0.15, 0.2) is 0 Å². The average Bonchev–Trinajstić information content (AvgIpc) is 2.16. The van der Waals surface area contributed by atoms with Crippen molar-refractivity contribution in [3.63, 3.8) is 0 Å². The van der Waals surface area contributed by atoms with E-state index < -0.39 is 0 Å². The second-order valence-corrected chi connectivity index (χ2v) is 4.12. The lowest BCUT2D eigenvalue weighted by molar-refractivity contribution is 0.171. The molecule has 66 valence electrons. The van der Waals surface area contributed by atoms with Crippen LogP contribution in [0, 0.1) is 5.92 Å². The third-order valence-electron chi connectivity index (χ3n) is 3.25. The quantitative estimate of drug-likeness (QED) is 0.640. The third-order valence-corrected chi connectivity index (χ3v) is 3.25. The van der Waals surface area contributed by atoms with E-state index in [0.717, 1.165) is 12.5 Å². The average molecular weight is 156 g/mol. The van der Waals surface area contributed by atoms with E-state index in [-0.39, 0.29) is 0 Å². The molecule has 2 nitrogen and oxygen atoms in total. The minimum atomic E-state index is 0.392. The summed E-state index contributed by atoms with van der Waals surface area (Å²) in [5.41, 5.74) is 0.392. The van der Waals surface area contributed by atoms with Crippen molar-refractivity contribution in [1.29, 1.82) is 0 Å². The van der Waals surface area contributed by atoms with Gasteiger partial charge in [-0.2, -0.15) is 0 Å². The highest BCUT2D eigenvalue weighted by molar-refractivity contribution is 4.94. The van der Waals surface area contributed by atoms with E-state index in [1.165, 1.54) is 13.0 Å². The van der Waals surface area contributed by atoms with E-state index >= 15 is 0 Å². The molecular formula is C9H20N2. The van der Waals surface area contributed by atoms with Crippen molar-refractivity contribution in [2.24, 2.45) is 5.92 Å². The van der Waals surface area contributed by atoms with E-state index in [0.29, 0.717) is 5.54 Å². The summed E-state index contributed by atoms with van der Waals surface area (Å²) >= 11 is 0. The maximum atomic E-state index is 3.26. The van der Waals surface area contributed by atoms with Gasteiger partial charge >= 0.3 is 0 Å². The molecule has 1 rings (SSSR count). The fourth-order valence-corrected chi connectivity index (χ4v) is 1.90. The molecule has 0 saturated carbocycles. The minimum absolute atomic E-state index is 0.392. The molecule has 0 aromatic carbocycles. The molecule has 0 aliphatic carbocycles. The fourth-order valence-electron chi connectivity index (χ4n) is 1.90. The first kappa shape index (κ1) is 9.01. The topological polar surface area (TPSA) is 15.3 Å². The Morgan fingerprint density at radius 2 is 2.18 bits per heavy atom. The SMILES string of the molecule is CNC[C@@H]1CCN(C)C1(C)C. The number of hydrogen-bond donors (Lipinski definition) is 1. The van der Waals surface area contributed by atoms with E-state index in [1.54, 1.807) is 0 Å². The zero-order valence-corrected chi connectivity index (χ0v) is 8.15. The van der Waals surface area contributed by atoms with Crippen molar-refractivity contribution in [2.75, 3.05) is 27.2 Å². The van der Waals surface area contributed by atoms with Crippen molar-refractivity contribution in [3.05, 3.63) is 0 Å². The summed E-state index contributed by atoms with van der Waals surface area (Å²) in [5.74, 6) is 0.817. The van der Waals surface area contributed by atoms with Crippen LogP contribution < -0.4 is 5.32 Å². The summed E-state index contributed by atoms with van der Waals surface area (Å²) in [6.45, 7) is 7.07. The van der Waals surface area contributed by atoms with Crippen molar-refractivity contribution in [2.45, 2.75) is 25.8 Å². The van der Waals surface area contributed by atoms with Gasteiger partial charge in [0.25, 0.3) is 0 Å². The van der Waals surface area contributed by atoms with Crippen molar-refractivity contribution in [3.8, 4) is 0 Å². The predicted octanol–water partition coefficient (Wildman–Crippen LogP) is 0.936. The molecule has 0 amide bonds. The molecule has 2 heteroatoms. The molecule has 1 aliphatic heterocycles. The van der Waals surface area contributed by atoms with Gasteiger partial charge in [-0.05, 0) is 53.4 Å². The Bertz CT molecular complexity index is 130. The molecule has 0 aromatic heterocycles. The van der Waals surface area contributed by atoms with Crippen LogP contribution in [0.25, 0.3) is 0 Å². The number of likely N-dealkylation sites (tertiary alicyclic amines) is 1. The van der Waals surface area contributed by atoms with Gasteiger partial charge in [0, 0.05) is 5.54 Å². The summed E-state index contributed by atoms with van der Waals surface area (Å²) in [6, 6.07) is 0. The van der Waals surface area contributed by atoms with Crippen LogP contribution in [0.5, 0.6) is 0 Å². The van der Waals surface area contributed by atoms with Crippen molar-refractivity contribution < 1.29 is 0 Å². The molecule has 1 aliphatic rings. The maximum absolute atomic E-state index is 3.26. The normalized spacial score (nSPS) is 31.1. The molecular weight excluding hydrogens is 136 g/mol. The van der Waals surface area contributed by atoms with Gasteiger partial charge < -0.3 is 10.2 Å². The Kier molecular flexibility index (Phi) is 2.55. The largest absolute Gasteiger partial charge is 0.319 e. The molecule has 1 fully saturated rings. The molecule has 0 bridgehead atoms. The maximum Gasteiger partial charge on any atom is 0.0190 e. The van der Waals surface area contributed by atoms with Crippen LogP contribution in [0.4, 0.5) is 0 Å². The number of nitrogens with zero attached hydrogens (tertiary/aromatic N) is 1. The van der Waals surface area contributed by atoms with E-state index in [1.807, 2.05) is 7.05 Å². The summed E-state index contributed by atoms with van der Waals surface area (Å²) < 4.78 is 0. The zero-order chi connectivity index (χ0) is 8.48. The van der Waals surface area contributed by atoms with Gasteiger partial charge in [0.2, 0.25) is 0 Å². The monoisotopic (exact) mass is 156 g/mol. The lowest BCUT2D eigenvalue weighted by Crippen LogP contribution is -2.42. The van der Waals surface area contributed by atoms with Crippen LogP contribution in [0.3, 0.4) is 0 Å². The van der Waals surface area contributed by atoms with Crippen LogP contribution in [-0.4, -0.2) is 37.6 Å². The number of nitrogens with one attached hydrogen (secondary N) is 1. The molecule has 0 unspecified atom stereocenters. The highest BCUT2D eigenvalue weighted by Crippen LogP contribution is 2.32. The zero-order valence-electron chi connectivity index (χ0n) is 8.15. The highest BCUT2D eigenvalue weighted by atomic mass is 15.2. The Labute approximate surface area is 70.0 Å². The Hall–Kier alpha value is -0.0800. The summed E-state index contributed by atoms with van der Waals surface area (Å²) in [4.78, 5) is 2.45. The van der Waals surface area contributed by atoms with Gasteiger partial charge in [-0.3, -0.25) is 0 Å². The Morgan fingerprint density at radius 3 is 2.55 bits per heavy atom.